The average Bonchev–Trinajstić information content (AvgIpc) is 3.01. The number of anilines is 2. The SMILES string of the molecule is CNc1cc2c(cc1C(=O)C=CO)-c1ccnc(c1)C(N1CCC(c3c(F)ccc(Cl)c3F)=CC1=O)CCCC(C)C(=O)N2. The van der Waals surface area contributed by atoms with Gasteiger partial charge in [-0.3, -0.25) is 19.4 Å². The van der Waals surface area contributed by atoms with Gasteiger partial charge in [0, 0.05) is 54.7 Å². The molecular formula is C33H31ClF2N4O4. The molecule has 8 nitrogen and oxygen atoms in total. The number of amides is 2. The van der Waals surface area contributed by atoms with Crippen LogP contribution in [0.25, 0.3) is 16.7 Å². The number of hydrogen-bond donors (Lipinski definition) is 3. The Balaban J connectivity index is 1.59. The molecular weight excluding hydrogens is 590 g/mol. The lowest BCUT2D eigenvalue weighted by Gasteiger charge is -2.34. The van der Waals surface area contributed by atoms with E-state index in [0.29, 0.717) is 53.7 Å². The van der Waals surface area contributed by atoms with E-state index in [2.05, 4.69) is 15.6 Å². The van der Waals surface area contributed by atoms with Crippen molar-refractivity contribution in [2.45, 2.75) is 38.6 Å². The molecule has 3 aromatic rings. The van der Waals surface area contributed by atoms with E-state index in [9.17, 15) is 28.3 Å². The lowest BCUT2D eigenvalue weighted by molar-refractivity contribution is -0.129. The summed E-state index contributed by atoms with van der Waals surface area (Å²) in [4.78, 5) is 45.8. The highest BCUT2D eigenvalue weighted by Gasteiger charge is 2.31. The Kier molecular flexibility index (Phi) is 9.10. The number of aliphatic hydroxyl groups excluding tert-OH is 1. The van der Waals surface area contributed by atoms with Crippen LogP contribution >= 0.6 is 11.6 Å². The van der Waals surface area contributed by atoms with Crippen LogP contribution in [0.15, 0.2) is 61.0 Å². The van der Waals surface area contributed by atoms with Gasteiger partial charge >= 0.3 is 0 Å². The van der Waals surface area contributed by atoms with Crippen LogP contribution in [-0.4, -0.2) is 46.2 Å². The predicted molar refractivity (Wildman–Crippen MR) is 165 cm³/mol. The molecule has 2 aromatic carbocycles. The van der Waals surface area contributed by atoms with Crippen molar-refractivity contribution in [3.63, 3.8) is 0 Å². The highest BCUT2D eigenvalue weighted by Crippen LogP contribution is 2.39. The van der Waals surface area contributed by atoms with Crippen LogP contribution in [0.3, 0.4) is 0 Å². The number of aromatic nitrogens is 1. The number of carbonyl (C=O) groups excluding carboxylic acids is 3. The number of nitrogens with zero attached hydrogens (tertiary/aromatic N) is 2. The number of fused-ring (bicyclic) bond motifs is 4. The lowest BCUT2D eigenvalue weighted by atomic mass is 9.91. The van der Waals surface area contributed by atoms with Crippen molar-refractivity contribution < 1.29 is 28.3 Å². The Hall–Kier alpha value is -4.57. The molecule has 2 atom stereocenters. The number of rotatable bonds is 5. The molecule has 3 N–H and O–H groups in total. The molecule has 0 aliphatic carbocycles. The summed E-state index contributed by atoms with van der Waals surface area (Å²) in [7, 11) is 1.65. The van der Waals surface area contributed by atoms with Gasteiger partial charge in [-0.2, -0.15) is 0 Å². The van der Waals surface area contributed by atoms with Gasteiger partial charge in [0.2, 0.25) is 11.8 Å². The second-order valence-corrected chi connectivity index (χ2v) is 11.3. The third-order valence-corrected chi connectivity index (χ3v) is 8.41. The largest absolute Gasteiger partial charge is 0.515 e. The number of halogens is 3. The number of ketones is 1. The van der Waals surface area contributed by atoms with E-state index >= 15 is 0 Å². The van der Waals surface area contributed by atoms with E-state index in [1.807, 2.05) is 13.0 Å². The molecule has 0 fully saturated rings. The summed E-state index contributed by atoms with van der Waals surface area (Å²) < 4.78 is 29.4. The van der Waals surface area contributed by atoms with Crippen molar-refractivity contribution in [3.8, 4) is 11.1 Å². The zero-order valence-electron chi connectivity index (χ0n) is 24.2. The van der Waals surface area contributed by atoms with Crippen molar-refractivity contribution in [2.75, 3.05) is 24.2 Å². The summed E-state index contributed by atoms with van der Waals surface area (Å²) >= 11 is 5.90. The van der Waals surface area contributed by atoms with Crippen LogP contribution < -0.4 is 10.6 Å². The van der Waals surface area contributed by atoms with Gasteiger partial charge in [-0.15, -0.1) is 0 Å². The van der Waals surface area contributed by atoms with Crippen LogP contribution in [0.4, 0.5) is 20.2 Å². The lowest BCUT2D eigenvalue weighted by Crippen LogP contribution is -2.38. The van der Waals surface area contributed by atoms with E-state index in [1.165, 1.54) is 6.08 Å². The van der Waals surface area contributed by atoms with Crippen LogP contribution in [0, 0.1) is 17.6 Å². The van der Waals surface area contributed by atoms with Crippen LogP contribution in [0.1, 0.15) is 60.3 Å². The monoisotopic (exact) mass is 620 g/mol. The van der Waals surface area contributed by atoms with E-state index in [-0.39, 0.29) is 46.5 Å². The Bertz CT molecular complexity index is 1710. The molecule has 2 aliphatic rings. The summed E-state index contributed by atoms with van der Waals surface area (Å²) in [6.45, 7) is 2.02. The molecule has 228 valence electrons. The molecule has 0 radical (unpaired) electrons. The van der Waals surface area contributed by atoms with E-state index in [1.54, 1.807) is 36.3 Å². The zero-order valence-corrected chi connectivity index (χ0v) is 24.9. The molecule has 1 aromatic heterocycles. The molecule has 2 unspecified atom stereocenters. The van der Waals surface area contributed by atoms with Gasteiger partial charge in [0.05, 0.1) is 34.3 Å². The van der Waals surface area contributed by atoms with Crippen molar-refractivity contribution in [1.29, 1.82) is 0 Å². The standard InChI is InChI=1S/C33H31ClF2N4O4/c1-18-4-3-5-28(40-12-9-20(15-30(40)43)31-24(35)7-6-23(34)32(31)36)27-14-19(8-11-38-27)21-16-22(29(42)10-13-41)25(37-2)17-26(21)39-33(18)44/h6-8,10-11,13-18,28,37,41H,3-5,9,12H2,1-2H3,(H,39,44). The van der Waals surface area contributed by atoms with Gasteiger partial charge in [0.15, 0.2) is 11.6 Å². The minimum absolute atomic E-state index is 0.191. The van der Waals surface area contributed by atoms with Gasteiger partial charge in [0.25, 0.3) is 0 Å². The molecule has 3 heterocycles. The summed E-state index contributed by atoms with van der Waals surface area (Å²) in [5.74, 6) is -3.10. The van der Waals surface area contributed by atoms with E-state index in [0.717, 1.165) is 18.2 Å². The maximum absolute atomic E-state index is 14.8. The van der Waals surface area contributed by atoms with Gasteiger partial charge in [-0.25, -0.2) is 8.78 Å². The van der Waals surface area contributed by atoms with E-state index < -0.39 is 29.4 Å². The molecule has 0 saturated heterocycles. The Morgan fingerprint density at radius 3 is 2.70 bits per heavy atom. The highest BCUT2D eigenvalue weighted by atomic mass is 35.5. The first-order valence-corrected chi connectivity index (χ1v) is 14.6. The van der Waals surface area contributed by atoms with Crippen LogP contribution in [0.5, 0.6) is 0 Å². The molecule has 11 heteroatoms. The van der Waals surface area contributed by atoms with Gasteiger partial charge < -0.3 is 20.6 Å². The molecule has 5 rings (SSSR count). The second-order valence-electron chi connectivity index (χ2n) is 10.8. The fourth-order valence-corrected chi connectivity index (χ4v) is 5.92. The van der Waals surface area contributed by atoms with Gasteiger partial charge in [-0.05, 0) is 66.8 Å². The van der Waals surface area contributed by atoms with Crippen molar-refractivity contribution in [1.82, 2.24) is 9.88 Å². The van der Waals surface area contributed by atoms with Gasteiger partial charge in [-0.1, -0.05) is 24.9 Å². The maximum atomic E-state index is 14.8. The van der Waals surface area contributed by atoms with Crippen molar-refractivity contribution in [2.24, 2.45) is 5.92 Å². The molecule has 2 bridgehead atoms. The molecule has 2 amide bonds. The Morgan fingerprint density at radius 2 is 1.98 bits per heavy atom. The predicted octanol–water partition coefficient (Wildman–Crippen LogP) is 7.09. The van der Waals surface area contributed by atoms with Crippen LogP contribution in [-0.2, 0) is 9.59 Å². The third-order valence-electron chi connectivity index (χ3n) is 8.12. The molecule has 2 aliphatic heterocycles. The number of hydrogen-bond acceptors (Lipinski definition) is 6. The number of pyridine rings is 1. The smallest absolute Gasteiger partial charge is 0.247 e. The van der Waals surface area contributed by atoms with E-state index in [4.69, 9.17) is 11.6 Å². The van der Waals surface area contributed by atoms with Crippen LogP contribution in [0.2, 0.25) is 5.02 Å². The number of carbonyl (C=O) groups is 3. The fourth-order valence-electron chi connectivity index (χ4n) is 5.76. The zero-order chi connectivity index (χ0) is 31.5. The normalized spacial score (nSPS) is 19.0. The minimum atomic E-state index is -0.903. The fraction of sp³-hybridized carbons (Fsp3) is 0.273. The Labute approximate surface area is 258 Å². The first kappa shape index (κ1) is 30.9. The number of nitrogens with one attached hydrogen (secondary N) is 2. The number of aliphatic hydroxyl groups is 1. The summed E-state index contributed by atoms with van der Waals surface area (Å²) in [6.07, 6.45) is 6.41. The number of allylic oxidation sites excluding steroid dienone is 1. The second kappa shape index (κ2) is 13.0. The molecule has 0 saturated carbocycles. The van der Waals surface area contributed by atoms with Gasteiger partial charge in [0.1, 0.15) is 5.82 Å². The Morgan fingerprint density at radius 1 is 1.18 bits per heavy atom. The first-order valence-electron chi connectivity index (χ1n) is 14.3. The topological polar surface area (TPSA) is 112 Å². The number of benzene rings is 2. The minimum Gasteiger partial charge on any atom is -0.515 e. The summed E-state index contributed by atoms with van der Waals surface area (Å²) in [5, 5.41) is 15.0. The first-order chi connectivity index (χ1) is 21.1. The average molecular weight is 621 g/mol. The quantitative estimate of drug-likeness (QED) is 0.122. The summed E-state index contributed by atoms with van der Waals surface area (Å²) in [5.41, 5.74) is 2.96. The highest BCUT2D eigenvalue weighted by molar-refractivity contribution is 6.31. The van der Waals surface area contributed by atoms with Crippen molar-refractivity contribution in [3.05, 3.63) is 94.5 Å². The summed E-state index contributed by atoms with van der Waals surface area (Å²) in [6, 6.07) is 8.61. The third kappa shape index (κ3) is 6.07. The maximum Gasteiger partial charge on any atom is 0.247 e. The molecule has 0 spiro atoms. The molecule has 44 heavy (non-hydrogen) atoms. The van der Waals surface area contributed by atoms with Crippen molar-refractivity contribution >= 4 is 46.1 Å².